The molecule has 0 aliphatic heterocycles. The second kappa shape index (κ2) is 13.2. The molecule has 0 aliphatic carbocycles. The van der Waals surface area contributed by atoms with E-state index in [1.807, 2.05) is 6.08 Å². The van der Waals surface area contributed by atoms with Gasteiger partial charge in [-0.1, -0.05) is 46.1 Å². The lowest BCUT2D eigenvalue weighted by molar-refractivity contribution is -0.136. The number of carbonyl (C=O) groups is 1. The summed E-state index contributed by atoms with van der Waals surface area (Å²) < 4.78 is 0. The summed E-state index contributed by atoms with van der Waals surface area (Å²) in [6.07, 6.45) is 8.91. The fourth-order valence-electron chi connectivity index (χ4n) is 1.02. The topological polar surface area (TPSA) is 37.3 Å². The second-order valence-electron chi connectivity index (χ2n) is 4.07. The molecule has 0 aliphatic rings. The van der Waals surface area contributed by atoms with E-state index >= 15 is 0 Å². The van der Waals surface area contributed by atoms with E-state index in [1.54, 1.807) is 6.92 Å². The highest BCUT2D eigenvalue weighted by Crippen LogP contribution is 2.09. The molecule has 90 valence electrons. The maximum absolute atomic E-state index is 9.37. The Bertz CT molecular complexity index is 151. The molecular formula is C13H26O2. The van der Waals surface area contributed by atoms with Gasteiger partial charge in [0.1, 0.15) is 0 Å². The first-order chi connectivity index (χ1) is 7.04. The van der Waals surface area contributed by atoms with Crippen molar-refractivity contribution in [3.05, 3.63) is 12.7 Å². The van der Waals surface area contributed by atoms with E-state index in [0.717, 1.165) is 5.92 Å². The van der Waals surface area contributed by atoms with Crippen LogP contribution in [0, 0.1) is 5.92 Å². The number of aliphatic carboxylic acids is 1. The van der Waals surface area contributed by atoms with Crippen LogP contribution in [0.4, 0.5) is 0 Å². The summed E-state index contributed by atoms with van der Waals surface area (Å²) in [4.78, 5) is 9.37. The van der Waals surface area contributed by atoms with Crippen LogP contribution in [-0.4, -0.2) is 11.1 Å². The molecule has 0 saturated carbocycles. The Kier molecular flexibility index (Phi) is 14.6. The van der Waals surface area contributed by atoms with Gasteiger partial charge in [-0.3, -0.25) is 4.79 Å². The van der Waals surface area contributed by atoms with Crippen molar-refractivity contribution in [1.29, 1.82) is 0 Å². The van der Waals surface area contributed by atoms with Crippen LogP contribution in [0.3, 0.4) is 0 Å². The van der Waals surface area contributed by atoms with Crippen molar-refractivity contribution in [2.24, 2.45) is 5.92 Å². The van der Waals surface area contributed by atoms with Crippen LogP contribution >= 0.6 is 0 Å². The normalized spacial score (nSPS) is 9.33. The lowest BCUT2D eigenvalue weighted by atomic mass is 10.0. The fraction of sp³-hybridized carbons (Fsp3) is 0.769. The average molecular weight is 214 g/mol. The Morgan fingerprint density at radius 3 is 2.20 bits per heavy atom. The van der Waals surface area contributed by atoms with Crippen molar-refractivity contribution >= 4 is 5.97 Å². The van der Waals surface area contributed by atoms with Crippen LogP contribution in [0.1, 0.15) is 59.3 Å². The Balaban J connectivity index is 0. The first-order valence-corrected chi connectivity index (χ1v) is 5.87. The molecule has 0 rings (SSSR count). The van der Waals surface area contributed by atoms with Crippen molar-refractivity contribution in [2.75, 3.05) is 0 Å². The van der Waals surface area contributed by atoms with Crippen LogP contribution in [0.15, 0.2) is 12.7 Å². The molecule has 15 heavy (non-hydrogen) atoms. The molecule has 0 unspecified atom stereocenters. The molecular weight excluding hydrogens is 188 g/mol. The smallest absolute Gasteiger partial charge is 0.303 e. The van der Waals surface area contributed by atoms with Crippen molar-refractivity contribution in [3.63, 3.8) is 0 Å². The minimum Gasteiger partial charge on any atom is -0.481 e. The van der Waals surface area contributed by atoms with E-state index in [0.29, 0.717) is 0 Å². The molecule has 0 aromatic carbocycles. The standard InChI is InChI=1S/C10H20.C3H6O2/c1-4-5-6-7-8-9-10(2)3;1-2-3(4)5/h4,10H,1,5-9H2,2-3H3;2H2,1H3,(H,4,5). The maximum Gasteiger partial charge on any atom is 0.303 e. The Morgan fingerprint density at radius 2 is 1.87 bits per heavy atom. The fourth-order valence-corrected chi connectivity index (χ4v) is 1.02. The second-order valence-corrected chi connectivity index (χ2v) is 4.07. The van der Waals surface area contributed by atoms with Crippen LogP contribution < -0.4 is 0 Å². The number of carboxylic acids is 1. The average Bonchev–Trinajstić information content (AvgIpc) is 2.18. The van der Waals surface area contributed by atoms with E-state index in [2.05, 4.69) is 20.4 Å². The van der Waals surface area contributed by atoms with Gasteiger partial charge in [0, 0.05) is 6.42 Å². The summed E-state index contributed by atoms with van der Waals surface area (Å²) in [6.45, 7) is 9.86. The van der Waals surface area contributed by atoms with Gasteiger partial charge < -0.3 is 5.11 Å². The molecule has 0 aromatic heterocycles. The van der Waals surface area contributed by atoms with Gasteiger partial charge in [0.15, 0.2) is 0 Å². The first kappa shape index (κ1) is 16.6. The highest BCUT2D eigenvalue weighted by molar-refractivity contribution is 5.66. The van der Waals surface area contributed by atoms with Gasteiger partial charge in [0.25, 0.3) is 0 Å². The number of unbranched alkanes of at least 4 members (excludes halogenated alkanes) is 3. The molecule has 0 spiro atoms. The quantitative estimate of drug-likeness (QED) is 0.508. The van der Waals surface area contributed by atoms with E-state index in [4.69, 9.17) is 5.11 Å². The third-order valence-corrected chi connectivity index (χ3v) is 1.99. The molecule has 0 atom stereocenters. The monoisotopic (exact) mass is 214 g/mol. The van der Waals surface area contributed by atoms with Crippen molar-refractivity contribution in [3.8, 4) is 0 Å². The molecule has 0 bridgehead atoms. The predicted octanol–water partition coefficient (Wildman–Crippen LogP) is 4.26. The third-order valence-electron chi connectivity index (χ3n) is 1.99. The minimum absolute atomic E-state index is 0.222. The van der Waals surface area contributed by atoms with Crippen LogP contribution in [-0.2, 0) is 4.79 Å². The summed E-state index contributed by atoms with van der Waals surface area (Å²) in [5.74, 6) is 0.133. The van der Waals surface area contributed by atoms with E-state index in [-0.39, 0.29) is 6.42 Å². The van der Waals surface area contributed by atoms with Crippen molar-refractivity contribution in [2.45, 2.75) is 59.3 Å². The van der Waals surface area contributed by atoms with Gasteiger partial charge in [-0.05, 0) is 18.8 Å². The summed E-state index contributed by atoms with van der Waals surface area (Å²) >= 11 is 0. The Morgan fingerprint density at radius 1 is 1.33 bits per heavy atom. The van der Waals surface area contributed by atoms with Crippen LogP contribution in [0.2, 0.25) is 0 Å². The van der Waals surface area contributed by atoms with Gasteiger partial charge in [-0.2, -0.15) is 0 Å². The molecule has 0 heterocycles. The molecule has 2 nitrogen and oxygen atoms in total. The molecule has 0 aromatic rings. The SMILES string of the molecule is C=CCCCCCC(C)C.CCC(=O)O. The first-order valence-electron chi connectivity index (χ1n) is 5.87. The molecule has 0 fully saturated rings. The molecule has 0 radical (unpaired) electrons. The zero-order chi connectivity index (χ0) is 12.1. The summed E-state index contributed by atoms with van der Waals surface area (Å²) in [7, 11) is 0. The highest BCUT2D eigenvalue weighted by atomic mass is 16.4. The third kappa shape index (κ3) is 24.6. The van der Waals surface area contributed by atoms with E-state index in [9.17, 15) is 4.79 Å². The van der Waals surface area contributed by atoms with Gasteiger partial charge in [-0.25, -0.2) is 0 Å². The summed E-state index contributed by atoms with van der Waals surface area (Å²) in [5.41, 5.74) is 0. The molecule has 0 saturated heterocycles. The number of hydrogen-bond acceptors (Lipinski definition) is 1. The van der Waals surface area contributed by atoms with Gasteiger partial charge in [-0.15, -0.1) is 6.58 Å². The number of hydrogen-bond donors (Lipinski definition) is 1. The number of rotatable bonds is 7. The van der Waals surface area contributed by atoms with Crippen molar-refractivity contribution in [1.82, 2.24) is 0 Å². The van der Waals surface area contributed by atoms with E-state index < -0.39 is 5.97 Å². The van der Waals surface area contributed by atoms with E-state index in [1.165, 1.54) is 32.1 Å². The zero-order valence-corrected chi connectivity index (χ0v) is 10.5. The van der Waals surface area contributed by atoms with Crippen LogP contribution in [0.5, 0.6) is 0 Å². The Labute approximate surface area is 94.4 Å². The molecule has 1 N–H and O–H groups in total. The minimum atomic E-state index is -0.745. The Hall–Kier alpha value is -0.790. The maximum atomic E-state index is 9.37. The van der Waals surface area contributed by atoms with Gasteiger partial charge in [0.05, 0.1) is 0 Å². The lowest BCUT2D eigenvalue weighted by Gasteiger charge is -2.02. The lowest BCUT2D eigenvalue weighted by Crippen LogP contribution is -1.86. The van der Waals surface area contributed by atoms with Crippen LogP contribution in [0.25, 0.3) is 0 Å². The highest BCUT2D eigenvalue weighted by Gasteiger charge is 1.92. The predicted molar refractivity (Wildman–Crippen MR) is 66.0 cm³/mol. The molecule has 0 amide bonds. The number of allylic oxidation sites excluding steroid dienone is 1. The zero-order valence-electron chi connectivity index (χ0n) is 10.5. The summed E-state index contributed by atoms with van der Waals surface area (Å²) in [6, 6.07) is 0. The number of carboxylic acid groups (broad SMARTS) is 1. The summed E-state index contributed by atoms with van der Waals surface area (Å²) in [5, 5.41) is 7.72. The largest absolute Gasteiger partial charge is 0.481 e. The molecule has 2 heteroatoms. The van der Waals surface area contributed by atoms with Gasteiger partial charge in [0.2, 0.25) is 0 Å². The van der Waals surface area contributed by atoms with Gasteiger partial charge >= 0.3 is 5.97 Å². The van der Waals surface area contributed by atoms with Crippen molar-refractivity contribution < 1.29 is 9.90 Å².